The van der Waals surface area contributed by atoms with Gasteiger partial charge in [-0.25, -0.2) is 0 Å². The van der Waals surface area contributed by atoms with E-state index in [2.05, 4.69) is 239 Å². The molecule has 0 aliphatic carbocycles. The van der Waals surface area contributed by atoms with E-state index in [1.807, 2.05) is 55.4 Å². The number of rotatable bonds is 2. The van der Waals surface area contributed by atoms with Crippen LogP contribution in [0.25, 0.3) is 65.3 Å². The Morgan fingerprint density at radius 3 is 0.476 bits per heavy atom. The van der Waals surface area contributed by atoms with Crippen molar-refractivity contribution in [3.8, 4) is 22.3 Å². The molecule has 63 heavy (non-hydrogen) atoms. The van der Waals surface area contributed by atoms with Gasteiger partial charge in [-0.15, -0.1) is 0 Å². The van der Waals surface area contributed by atoms with E-state index in [9.17, 15) is 0 Å². The predicted molar refractivity (Wildman–Crippen MR) is 299 cm³/mol. The highest BCUT2D eigenvalue weighted by Crippen LogP contribution is 2.35. The van der Waals surface area contributed by atoms with Gasteiger partial charge in [0.25, 0.3) is 0 Å². The van der Waals surface area contributed by atoms with Crippen LogP contribution in [0.4, 0.5) is 0 Å². The maximum atomic E-state index is 2.21. The van der Waals surface area contributed by atoms with Gasteiger partial charge in [-0.2, -0.15) is 0 Å². The summed E-state index contributed by atoms with van der Waals surface area (Å²) in [7, 11) is 0. The van der Waals surface area contributed by atoms with Crippen LogP contribution in [-0.4, -0.2) is 0 Å². The summed E-state index contributed by atoms with van der Waals surface area (Å²) in [5.41, 5.74) is 5.22. The maximum Gasteiger partial charge on any atom is -0.00992 e. The molecule has 0 bridgehead atoms. The fourth-order valence-electron chi connectivity index (χ4n) is 5.84. The van der Waals surface area contributed by atoms with Crippen LogP contribution in [0.15, 0.2) is 170 Å². The van der Waals surface area contributed by atoms with Crippen LogP contribution in [-0.2, 0) is 0 Å². The van der Waals surface area contributed by atoms with Gasteiger partial charge in [0.05, 0.1) is 0 Å². The Bertz CT molecular complexity index is 1860. The Morgan fingerprint density at radius 1 is 0.190 bits per heavy atom. The average Bonchev–Trinajstić information content (AvgIpc) is 3.35. The molecule has 0 heteroatoms. The Hall–Kier alpha value is -5.20. The molecule has 0 aliphatic rings. The smallest absolute Gasteiger partial charge is 0.00992 e. The van der Waals surface area contributed by atoms with E-state index in [1.54, 1.807) is 0 Å². The van der Waals surface area contributed by atoms with Gasteiger partial charge in [-0.05, 0) is 65.3 Å². The third-order valence-electron chi connectivity index (χ3n) is 7.74. The average molecular weight is 849 g/mol. The molecule has 0 unspecified atom stereocenters. The Balaban J connectivity index is -0.000000781. The zero-order valence-electron chi connectivity index (χ0n) is 43.7. The molecule has 0 aromatic heterocycles. The largest absolute Gasteiger partial charge is 0.0683 e. The van der Waals surface area contributed by atoms with Gasteiger partial charge < -0.3 is 0 Å². The number of hydrogen-bond donors (Lipinski definition) is 0. The van der Waals surface area contributed by atoms with Crippen LogP contribution in [0.3, 0.4) is 0 Å². The molecule has 8 aromatic carbocycles. The molecule has 0 saturated heterocycles. The van der Waals surface area contributed by atoms with Gasteiger partial charge in [0, 0.05) is 0 Å². The Morgan fingerprint density at radius 2 is 0.317 bits per heavy atom. The van der Waals surface area contributed by atoms with Gasteiger partial charge in [-0.3, -0.25) is 0 Å². The van der Waals surface area contributed by atoms with E-state index >= 15 is 0 Å². The maximum absolute atomic E-state index is 2.21. The van der Waals surface area contributed by atoms with Crippen molar-refractivity contribution < 1.29 is 0 Å². The minimum absolute atomic E-state index is 1.25. The Kier molecular flexibility index (Phi) is 42.8. The fraction of sp³-hybridized carbons (Fsp3) is 0.365. The molecule has 0 saturated carbocycles. The Labute approximate surface area is 390 Å². The molecule has 8 rings (SSSR count). The molecule has 0 radical (unpaired) electrons. The van der Waals surface area contributed by atoms with Gasteiger partial charge >= 0.3 is 0 Å². The van der Waals surface area contributed by atoms with Gasteiger partial charge in [0.1, 0.15) is 0 Å². The van der Waals surface area contributed by atoms with Crippen molar-refractivity contribution in [3.05, 3.63) is 170 Å². The van der Waals surface area contributed by atoms with E-state index in [-0.39, 0.29) is 0 Å². The van der Waals surface area contributed by atoms with E-state index < -0.39 is 0 Å². The lowest BCUT2D eigenvalue weighted by Gasteiger charge is -2.10. The monoisotopic (exact) mass is 849 g/mol. The lowest BCUT2D eigenvalue weighted by Crippen LogP contribution is -1.83. The highest BCUT2D eigenvalue weighted by molar-refractivity contribution is 6.06. The van der Waals surface area contributed by atoms with Crippen LogP contribution in [0.2, 0.25) is 0 Å². The summed E-state index contributed by atoms with van der Waals surface area (Å²) in [6.07, 6.45) is 6.25. The third kappa shape index (κ3) is 22.6. The molecule has 8 aromatic rings. The summed E-state index contributed by atoms with van der Waals surface area (Å²) in [6.45, 7) is 37.2. The lowest BCUT2D eigenvalue weighted by atomic mass is 9.94. The van der Waals surface area contributed by atoms with Crippen molar-refractivity contribution in [1.29, 1.82) is 0 Å². The fourth-order valence-corrected chi connectivity index (χ4v) is 5.84. The van der Waals surface area contributed by atoms with E-state index in [4.69, 9.17) is 0 Å². The van der Waals surface area contributed by atoms with Crippen LogP contribution in [0.1, 0.15) is 157 Å². The SMILES string of the molecule is CC.CC.CC.CC.CCC.CCC.CCC.CCC.CCC.c1ccc2c(-c3cccc4ccccc34)cccc2c1.c1ccc2c(-c3cccc4ccccc34)cccc2c1. The molecule has 0 aliphatic heterocycles. The second-order valence-electron chi connectivity index (χ2n) is 13.6. The quantitative estimate of drug-likeness (QED) is 0.163. The van der Waals surface area contributed by atoms with Crippen LogP contribution >= 0.6 is 0 Å². The zero-order valence-corrected chi connectivity index (χ0v) is 43.7. The minimum atomic E-state index is 1.25. The van der Waals surface area contributed by atoms with Crippen molar-refractivity contribution in [2.75, 3.05) is 0 Å². The predicted octanol–water partition coefficient (Wildman–Crippen LogP) is 22.5. The van der Waals surface area contributed by atoms with Crippen molar-refractivity contribution in [2.24, 2.45) is 0 Å². The first-order valence-corrected chi connectivity index (χ1v) is 24.9. The molecule has 0 nitrogen and oxygen atoms in total. The second kappa shape index (κ2) is 43.4. The summed E-state index contributed by atoms with van der Waals surface area (Å²) in [5, 5.41) is 10.4. The van der Waals surface area contributed by atoms with Crippen molar-refractivity contribution in [3.63, 3.8) is 0 Å². The summed E-state index contributed by atoms with van der Waals surface area (Å²) in [5.74, 6) is 0. The first kappa shape index (κ1) is 62.1. The van der Waals surface area contributed by atoms with Gasteiger partial charge in [0.2, 0.25) is 0 Å². The molecule has 0 amide bonds. The second-order valence-corrected chi connectivity index (χ2v) is 13.6. The van der Waals surface area contributed by atoms with Crippen molar-refractivity contribution in [2.45, 2.75) is 157 Å². The molecule has 0 fully saturated rings. The summed E-state index contributed by atoms with van der Waals surface area (Å²) in [4.78, 5) is 0. The molecule has 0 spiro atoms. The van der Waals surface area contributed by atoms with Crippen molar-refractivity contribution in [1.82, 2.24) is 0 Å². The third-order valence-corrected chi connectivity index (χ3v) is 7.74. The van der Waals surface area contributed by atoms with E-state index in [0.29, 0.717) is 0 Å². The molecule has 0 atom stereocenters. The molecule has 0 N–H and O–H groups in total. The standard InChI is InChI=1S/2C20H14.5C3H8.4C2H6/c2*1-3-11-17-15(7-1)9-5-13-19(17)20-14-6-10-16-8-2-4-12-18(16)20;5*1-3-2;4*1-2/h2*1-14H;5*3H2,1-2H3;4*1-2H3. The number of benzene rings is 8. The summed E-state index contributed by atoms with van der Waals surface area (Å²) >= 11 is 0. The normalized spacial score (nSPS) is 8.79. The zero-order chi connectivity index (χ0) is 48.3. The van der Waals surface area contributed by atoms with Gasteiger partial charge in [-0.1, -0.05) is 327 Å². The van der Waals surface area contributed by atoms with Crippen molar-refractivity contribution >= 4 is 43.1 Å². The van der Waals surface area contributed by atoms with Crippen LogP contribution < -0.4 is 0 Å². The molecule has 0 heterocycles. The summed E-state index contributed by atoms with van der Waals surface area (Å²) < 4.78 is 0. The molecular formula is C63H92. The molecular weight excluding hydrogens is 757 g/mol. The lowest BCUT2D eigenvalue weighted by molar-refractivity contribution is 1.09. The minimum Gasteiger partial charge on any atom is -0.0683 e. The highest BCUT2D eigenvalue weighted by Gasteiger charge is 2.08. The highest BCUT2D eigenvalue weighted by atomic mass is 14.1. The first-order chi connectivity index (χ1) is 30.9. The topological polar surface area (TPSA) is 0 Å². The van der Waals surface area contributed by atoms with Gasteiger partial charge in [0.15, 0.2) is 0 Å². The number of fused-ring (bicyclic) bond motifs is 4. The number of hydrogen-bond acceptors (Lipinski definition) is 0. The van der Waals surface area contributed by atoms with Crippen LogP contribution in [0, 0.1) is 0 Å². The molecule has 344 valence electrons. The van der Waals surface area contributed by atoms with Crippen LogP contribution in [0.5, 0.6) is 0 Å². The first-order valence-electron chi connectivity index (χ1n) is 24.9. The summed E-state index contributed by atoms with van der Waals surface area (Å²) in [6, 6.07) is 60.4. The van der Waals surface area contributed by atoms with E-state index in [0.717, 1.165) is 0 Å². The van der Waals surface area contributed by atoms with E-state index in [1.165, 1.54) is 97.4 Å².